The summed E-state index contributed by atoms with van der Waals surface area (Å²) in [7, 11) is 1.32. The van der Waals surface area contributed by atoms with Crippen LogP contribution in [0, 0.1) is 13.8 Å². The maximum absolute atomic E-state index is 12.4. The lowest BCUT2D eigenvalue weighted by Crippen LogP contribution is -2.07. The number of esters is 1. The van der Waals surface area contributed by atoms with E-state index in [9.17, 15) is 9.59 Å². The van der Waals surface area contributed by atoms with E-state index < -0.39 is 5.97 Å². The van der Waals surface area contributed by atoms with Gasteiger partial charge in [-0.15, -0.1) is 5.10 Å². The summed E-state index contributed by atoms with van der Waals surface area (Å²) in [4.78, 5) is 31.4. The lowest BCUT2D eigenvalue weighted by atomic mass is 10.1. The summed E-state index contributed by atoms with van der Waals surface area (Å²) in [6.45, 7) is 5.55. The molecule has 0 aliphatic carbocycles. The number of Topliss-reactive ketones (excluding diaryl/α,β-unsaturated/α-hetero) is 1. The van der Waals surface area contributed by atoms with Crippen molar-refractivity contribution < 1.29 is 14.3 Å². The molecule has 0 bridgehead atoms. The standard InChI is InChI=1S/C15H20N4O3S/c1-5-6-11-17-15(19-18-11)23-7-10(20)13-8(2)12(9(3)16-13)14(21)22-4/h16H,5-7H2,1-4H3,(H,17,18,19). The number of H-pyrrole nitrogens is 2. The summed E-state index contributed by atoms with van der Waals surface area (Å²) in [5, 5.41) is 7.48. The van der Waals surface area contributed by atoms with Gasteiger partial charge in [0.2, 0.25) is 5.16 Å². The summed E-state index contributed by atoms with van der Waals surface area (Å²) in [6, 6.07) is 0. The van der Waals surface area contributed by atoms with E-state index in [1.54, 1.807) is 13.8 Å². The minimum Gasteiger partial charge on any atom is -0.465 e. The van der Waals surface area contributed by atoms with Crippen LogP contribution < -0.4 is 0 Å². The van der Waals surface area contributed by atoms with Crippen LogP contribution in [0.5, 0.6) is 0 Å². The van der Waals surface area contributed by atoms with E-state index in [2.05, 4.69) is 27.1 Å². The number of nitrogens with one attached hydrogen (secondary N) is 2. The first-order valence-corrected chi connectivity index (χ1v) is 8.31. The third-order valence-electron chi connectivity index (χ3n) is 3.44. The van der Waals surface area contributed by atoms with Crippen molar-refractivity contribution >= 4 is 23.5 Å². The van der Waals surface area contributed by atoms with Crippen molar-refractivity contribution in [2.24, 2.45) is 0 Å². The zero-order valence-electron chi connectivity index (χ0n) is 13.6. The zero-order chi connectivity index (χ0) is 17.0. The lowest BCUT2D eigenvalue weighted by molar-refractivity contribution is 0.0599. The highest BCUT2D eigenvalue weighted by atomic mass is 32.2. The van der Waals surface area contributed by atoms with Gasteiger partial charge in [0, 0.05) is 12.1 Å². The Hall–Kier alpha value is -2.09. The molecule has 0 aliphatic heterocycles. The summed E-state index contributed by atoms with van der Waals surface area (Å²) < 4.78 is 4.75. The summed E-state index contributed by atoms with van der Waals surface area (Å²) in [6.07, 6.45) is 1.81. The average molecular weight is 336 g/mol. The number of aryl methyl sites for hydroxylation is 2. The van der Waals surface area contributed by atoms with Gasteiger partial charge >= 0.3 is 5.97 Å². The van der Waals surface area contributed by atoms with Crippen LogP contribution in [0.4, 0.5) is 0 Å². The van der Waals surface area contributed by atoms with E-state index in [4.69, 9.17) is 4.74 Å². The number of rotatable bonds is 7. The number of ether oxygens (including phenoxy) is 1. The van der Waals surface area contributed by atoms with Crippen LogP contribution in [0.2, 0.25) is 0 Å². The number of hydrogen-bond acceptors (Lipinski definition) is 6. The van der Waals surface area contributed by atoms with Crippen LogP contribution in [-0.2, 0) is 11.2 Å². The Morgan fingerprint density at radius 1 is 1.30 bits per heavy atom. The number of nitrogens with zero attached hydrogens (tertiary/aromatic N) is 2. The molecule has 0 spiro atoms. The van der Waals surface area contributed by atoms with Gasteiger partial charge in [-0.1, -0.05) is 18.7 Å². The Labute approximate surface area is 138 Å². The smallest absolute Gasteiger partial charge is 0.339 e. The molecule has 124 valence electrons. The maximum Gasteiger partial charge on any atom is 0.339 e. The van der Waals surface area contributed by atoms with Crippen LogP contribution in [0.3, 0.4) is 0 Å². The molecule has 23 heavy (non-hydrogen) atoms. The lowest BCUT2D eigenvalue weighted by Gasteiger charge is -2.00. The first-order valence-electron chi connectivity index (χ1n) is 7.32. The quantitative estimate of drug-likeness (QED) is 0.457. The molecule has 0 fully saturated rings. The minimum atomic E-state index is -0.443. The molecular weight excluding hydrogens is 316 g/mol. The van der Waals surface area contributed by atoms with Crippen molar-refractivity contribution in [3.63, 3.8) is 0 Å². The van der Waals surface area contributed by atoms with Crippen molar-refractivity contribution in [3.05, 3.63) is 28.3 Å². The van der Waals surface area contributed by atoms with Crippen LogP contribution in [0.1, 0.15) is 51.3 Å². The SMILES string of the molecule is CCCc1nc(SCC(=O)c2[nH]c(C)c(C(=O)OC)c2C)n[nH]1. The Morgan fingerprint density at radius 2 is 2.04 bits per heavy atom. The summed E-state index contributed by atoms with van der Waals surface area (Å²) in [5.41, 5.74) is 2.09. The predicted octanol–water partition coefficient (Wildman–Crippen LogP) is 2.46. The van der Waals surface area contributed by atoms with Gasteiger partial charge in [0.05, 0.1) is 24.1 Å². The molecule has 0 aliphatic rings. The number of methoxy groups -OCH3 is 1. The molecule has 2 N–H and O–H groups in total. The molecule has 8 heteroatoms. The number of aromatic amines is 2. The van der Waals surface area contributed by atoms with Crippen LogP contribution in [-0.4, -0.2) is 44.8 Å². The van der Waals surface area contributed by atoms with Gasteiger partial charge in [0.15, 0.2) is 5.78 Å². The number of carbonyl (C=O) groups is 2. The van der Waals surface area contributed by atoms with Crippen molar-refractivity contribution in [2.75, 3.05) is 12.9 Å². The zero-order valence-corrected chi connectivity index (χ0v) is 14.5. The number of ketones is 1. The molecule has 2 rings (SSSR count). The molecule has 2 aromatic rings. The second-order valence-electron chi connectivity index (χ2n) is 5.14. The highest BCUT2D eigenvalue weighted by molar-refractivity contribution is 7.99. The fourth-order valence-corrected chi connectivity index (χ4v) is 3.02. The van der Waals surface area contributed by atoms with Gasteiger partial charge in [0.1, 0.15) is 5.82 Å². The third kappa shape index (κ3) is 3.82. The van der Waals surface area contributed by atoms with Gasteiger partial charge in [-0.25, -0.2) is 9.78 Å². The van der Waals surface area contributed by atoms with E-state index in [1.165, 1.54) is 18.9 Å². The molecule has 0 amide bonds. The van der Waals surface area contributed by atoms with E-state index in [-0.39, 0.29) is 11.5 Å². The Bertz CT molecular complexity index is 720. The largest absolute Gasteiger partial charge is 0.465 e. The first-order chi connectivity index (χ1) is 11.0. The van der Waals surface area contributed by atoms with Crippen LogP contribution in [0.25, 0.3) is 0 Å². The van der Waals surface area contributed by atoms with Gasteiger partial charge in [-0.3, -0.25) is 9.89 Å². The molecule has 0 atom stereocenters. The molecule has 2 heterocycles. The minimum absolute atomic E-state index is 0.104. The number of thioether (sulfide) groups is 1. The van der Waals surface area contributed by atoms with E-state index in [1.807, 2.05) is 0 Å². The van der Waals surface area contributed by atoms with Crippen LogP contribution >= 0.6 is 11.8 Å². The van der Waals surface area contributed by atoms with Gasteiger partial charge in [-0.05, 0) is 25.8 Å². The molecular formula is C15H20N4O3S. The Morgan fingerprint density at radius 3 is 2.70 bits per heavy atom. The fourth-order valence-electron chi connectivity index (χ4n) is 2.33. The van der Waals surface area contributed by atoms with Crippen molar-refractivity contribution in [1.82, 2.24) is 20.2 Å². The normalized spacial score (nSPS) is 10.8. The molecule has 0 saturated heterocycles. The molecule has 0 radical (unpaired) electrons. The Balaban J connectivity index is 2.07. The molecule has 0 saturated carbocycles. The number of carbonyl (C=O) groups excluding carboxylic acids is 2. The second-order valence-corrected chi connectivity index (χ2v) is 6.09. The van der Waals surface area contributed by atoms with Crippen molar-refractivity contribution in [2.45, 2.75) is 38.8 Å². The van der Waals surface area contributed by atoms with E-state index >= 15 is 0 Å². The maximum atomic E-state index is 12.4. The summed E-state index contributed by atoms with van der Waals surface area (Å²) >= 11 is 1.27. The third-order valence-corrected chi connectivity index (χ3v) is 4.28. The highest BCUT2D eigenvalue weighted by Gasteiger charge is 2.22. The van der Waals surface area contributed by atoms with E-state index in [0.29, 0.717) is 27.7 Å². The molecule has 7 nitrogen and oxygen atoms in total. The highest BCUT2D eigenvalue weighted by Crippen LogP contribution is 2.22. The van der Waals surface area contributed by atoms with Crippen LogP contribution in [0.15, 0.2) is 5.16 Å². The molecule has 2 aromatic heterocycles. The van der Waals surface area contributed by atoms with Gasteiger partial charge in [-0.2, -0.15) is 0 Å². The topological polar surface area (TPSA) is 101 Å². The predicted molar refractivity (Wildman–Crippen MR) is 87.0 cm³/mol. The number of aromatic nitrogens is 4. The van der Waals surface area contributed by atoms with Crippen molar-refractivity contribution in [3.8, 4) is 0 Å². The molecule has 0 aromatic carbocycles. The average Bonchev–Trinajstić information content (AvgIpc) is 3.09. The monoisotopic (exact) mass is 336 g/mol. The fraction of sp³-hybridized carbons (Fsp3) is 0.467. The van der Waals surface area contributed by atoms with E-state index in [0.717, 1.165) is 18.7 Å². The van der Waals surface area contributed by atoms with Crippen molar-refractivity contribution in [1.29, 1.82) is 0 Å². The Kier molecular flexibility index (Phi) is 5.59. The number of hydrogen-bond donors (Lipinski definition) is 2. The first kappa shape index (κ1) is 17.3. The molecule has 0 unspecified atom stereocenters. The summed E-state index contributed by atoms with van der Waals surface area (Å²) in [5.74, 6) is 0.473. The second kappa shape index (κ2) is 7.45. The van der Waals surface area contributed by atoms with Gasteiger partial charge in [0.25, 0.3) is 0 Å². The van der Waals surface area contributed by atoms with Gasteiger partial charge < -0.3 is 9.72 Å².